The van der Waals surface area contributed by atoms with Crippen molar-refractivity contribution >= 4 is 75.1 Å². The van der Waals surface area contributed by atoms with Gasteiger partial charge in [0.15, 0.2) is 34.9 Å². The number of hydrogen-bond donors (Lipinski definition) is 15. The molecule has 0 radical (unpaired) electrons. The molecule has 0 spiro atoms. The first-order valence-electron chi connectivity index (χ1n) is 29.5. The number of fused-ring (bicyclic) bond motifs is 4. The van der Waals surface area contributed by atoms with Crippen molar-refractivity contribution in [2.45, 2.75) is 176 Å². The number of hydrogen-bond acceptors (Lipinski definition) is 30. The number of allylic oxidation sites excluding steroid dienone is 6. The first-order valence-corrected chi connectivity index (χ1v) is 35.0. The summed E-state index contributed by atoms with van der Waals surface area (Å²) in [5, 5.41) is 82.6. The summed E-state index contributed by atoms with van der Waals surface area (Å²) in [4.78, 5) is 104. The van der Waals surface area contributed by atoms with Gasteiger partial charge in [-0.05, 0) is 19.9 Å². The van der Waals surface area contributed by atoms with Gasteiger partial charge in [-0.15, -0.1) is 0 Å². The zero-order valence-corrected chi connectivity index (χ0v) is 54.7. The number of cyclic esters (lactones) is 1. The Morgan fingerprint density at radius 1 is 0.872 bits per heavy atom. The molecule has 2 aromatic rings. The highest BCUT2D eigenvalue weighted by atomic mass is 32.2. The average Bonchev–Trinajstić information content (AvgIpc) is 1.53. The minimum absolute atomic E-state index is 0.00505. The number of thioether (sulfide) groups is 1. The van der Waals surface area contributed by atoms with Crippen LogP contribution in [0.2, 0.25) is 0 Å². The molecule has 526 valence electrons. The zero-order valence-electron chi connectivity index (χ0n) is 51.2. The number of ether oxygens (including phenoxy) is 6. The van der Waals surface area contributed by atoms with E-state index in [1.807, 2.05) is 6.08 Å². The average molecular weight is 1420 g/mol. The number of nitrogens with zero attached hydrogens (tertiary/aromatic N) is 4. The predicted molar refractivity (Wildman–Crippen MR) is 325 cm³/mol. The van der Waals surface area contributed by atoms with Gasteiger partial charge in [-0.2, -0.15) is 4.31 Å². The molecule has 7 rings (SSSR count). The van der Waals surface area contributed by atoms with Crippen LogP contribution >= 0.6 is 35.2 Å². The molecule has 36 nitrogen and oxygen atoms in total. The fourth-order valence-electron chi connectivity index (χ4n) is 10.4. The smallest absolute Gasteiger partial charge is 0.459 e. The summed E-state index contributed by atoms with van der Waals surface area (Å²) in [6.07, 6.45) is -4.14. The number of amides is 2. The molecule has 0 saturated carbocycles. The van der Waals surface area contributed by atoms with Crippen LogP contribution in [-0.4, -0.2) is 233 Å². The van der Waals surface area contributed by atoms with E-state index < -0.39 is 194 Å². The summed E-state index contributed by atoms with van der Waals surface area (Å²) in [6, 6.07) is -1.18. The molecule has 2 amide bonds. The number of nitrogen functional groups attached to an aromatic ring is 1. The summed E-state index contributed by atoms with van der Waals surface area (Å²) < 4.78 is 92.4. The lowest BCUT2D eigenvalue weighted by Crippen LogP contribution is -2.61. The van der Waals surface area contributed by atoms with E-state index in [0.29, 0.717) is 18.2 Å². The number of epoxide rings is 1. The molecular formula is C54H81N8O28P3S. The van der Waals surface area contributed by atoms with Crippen molar-refractivity contribution in [3.8, 4) is 0 Å². The Morgan fingerprint density at radius 3 is 2.30 bits per heavy atom. The lowest BCUT2D eigenvalue weighted by atomic mass is 9.83. The van der Waals surface area contributed by atoms with Crippen molar-refractivity contribution in [2.75, 3.05) is 37.8 Å². The molecule has 0 aliphatic carbocycles. The predicted octanol–water partition coefficient (Wildman–Crippen LogP) is -1.29. The first-order chi connectivity index (χ1) is 44.0. The van der Waals surface area contributed by atoms with E-state index in [4.69, 9.17) is 48.9 Å². The van der Waals surface area contributed by atoms with Gasteiger partial charge < -0.3 is 106 Å². The first kappa shape index (κ1) is 76.7. The van der Waals surface area contributed by atoms with Crippen molar-refractivity contribution in [2.24, 2.45) is 17.1 Å². The number of nitrogens with two attached hydrogens (primary N) is 2. The van der Waals surface area contributed by atoms with Gasteiger partial charge in [0.25, 0.3) is 0 Å². The molecule has 21 atom stereocenters. The fraction of sp³-hybridized carbons (Fsp3) is 0.648. The number of carbonyl (C=O) groups is 4. The molecule has 4 saturated heterocycles. The maximum absolute atomic E-state index is 14.2. The minimum Gasteiger partial charge on any atom is -0.459 e. The largest absolute Gasteiger partial charge is 0.481 e. The standard InChI is InChI=1S/C54H81N8O28P3S/c1-28-12-10-8-6-5-7-9-11-13-31(85-52-43(68)40(55)42(67)29(2)84-52)21-35-39(32(64)23-54(73,88-35)22-30(63)20-34-33(86-34)14-15-38(66)83-28)51(72)94-19-18-57-37(65)16-17-58-49(71)46(70)53(3,4)25-82-93(79,80)90-92(77,78)81-24-36-45(89-91(74,75)76)44(69)50(87-36)62-27-61-41-47(56)59-26-60-48(41)62/h5-11,13-15,26-36,39-40,42-46,50,52,63-64,67-70,73H,12,16-25,55H2,1-4H3,(H,57,65)(H,58,71)(H,77,78)(H,79,80)(H2,56,59,60)(H2,74,75,76)/b6-5-,9-7+,10-8+,13-11+,15-14+/t28-,29-,30+,31+,32+,33-,34-,35+,36?,39-,40+,42-,43+,44?,45?,46?,50?,52?,54-/m1/s1. The molecular weight excluding hydrogens is 1330 g/mol. The van der Waals surface area contributed by atoms with Crippen LogP contribution < -0.4 is 22.1 Å². The maximum Gasteiger partial charge on any atom is 0.481 e. The number of phosphoric acid groups is 3. The van der Waals surface area contributed by atoms with Crippen molar-refractivity contribution in [1.82, 2.24) is 30.2 Å². The number of nitrogens with one attached hydrogen (secondary N) is 2. The Balaban J connectivity index is 0.904. The minimum atomic E-state index is -5.68. The number of aliphatic hydroxyl groups is 7. The second kappa shape index (κ2) is 33.3. The van der Waals surface area contributed by atoms with Crippen molar-refractivity contribution < 1.29 is 134 Å². The number of anilines is 1. The van der Waals surface area contributed by atoms with Crippen molar-refractivity contribution in [3.63, 3.8) is 0 Å². The van der Waals surface area contributed by atoms with E-state index in [1.54, 1.807) is 49.5 Å². The lowest BCUT2D eigenvalue weighted by molar-refractivity contribution is -0.306. The Hall–Kier alpha value is -4.67. The molecule has 8 unspecified atom stereocenters. The van der Waals surface area contributed by atoms with Gasteiger partial charge in [0, 0.05) is 68.9 Å². The summed E-state index contributed by atoms with van der Waals surface area (Å²) in [6.45, 7) is 2.97. The van der Waals surface area contributed by atoms with E-state index in [2.05, 4.69) is 34.4 Å². The highest BCUT2D eigenvalue weighted by Crippen LogP contribution is 2.61. The Bertz CT molecular complexity index is 3250. The molecule has 17 N–H and O–H groups in total. The van der Waals surface area contributed by atoms with E-state index in [-0.39, 0.29) is 55.1 Å². The van der Waals surface area contributed by atoms with Crippen LogP contribution in [0.1, 0.15) is 72.4 Å². The van der Waals surface area contributed by atoms with Crippen LogP contribution in [0.15, 0.2) is 73.4 Å². The Labute approximate surface area is 542 Å². The second-order valence-electron chi connectivity index (χ2n) is 23.5. The summed E-state index contributed by atoms with van der Waals surface area (Å²) >= 11 is 0.703. The number of aliphatic hydroxyl groups excluding tert-OH is 6. The quantitative estimate of drug-likeness (QED) is 0.0282. The highest BCUT2D eigenvalue weighted by Gasteiger charge is 2.53. The van der Waals surface area contributed by atoms with E-state index in [1.165, 1.54) is 32.9 Å². The van der Waals surface area contributed by atoms with Gasteiger partial charge >= 0.3 is 29.4 Å². The third kappa shape index (κ3) is 22.2. The topological polar surface area (TPSA) is 557 Å². The van der Waals surface area contributed by atoms with Crippen molar-refractivity contribution in [3.05, 3.63) is 73.4 Å². The van der Waals surface area contributed by atoms with Gasteiger partial charge in [0.2, 0.25) is 11.8 Å². The summed E-state index contributed by atoms with van der Waals surface area (Å²) in [5.74, 6) is -6.08. The summed E-state index contributed by atoms with van der Waals surface area (Å²) in [7, 11) is -16.7. The second-order valence-corrected chi connectivity index (χ2v) is 28.8. The number of phosphoric ester groups is 3. The highest BCUT2D eigenvalue weighted by molar-refractivity contribution is 8.13. The molecule has 5 aliphatic rings. The molecule has 2 aromatic heterocycles. The van der Waals surface area contributed by atoms with Crippen LogP contribution in [0.4, 0.5) is 5.82 Å². The van der Waals surface area contributed by atoms with Crippen LogP contribution in [0.3, 0.4) is 0 Å². The molecule has 94 heavy (non-hydrogen) atoms. The van der Waals surface area contributed by atoms with Gasteiger partial charge in [-0.3, -0.25) is 32.5 Å². The third-order valence-corrected chi connectivity index (χ3v) is 19.4. The summed E-state index contributed by atoms with van der Waals surface area (Å²) in [5.41, 5.74) is 10.2. The molecule has 7 heterocycles. The molecule has 2 bridgehead atoms. The van der Waals surface area contributed by atoms with Gasteiger partial charge in [0.1, 0.15) is 54.6 Å². The molecule has 0 aromatic carbocycles. The van der Waals surface area contributed by atoms with Gasteiger partial charge in [0.05, 0.1) is 74.2 Å². The monoisotopic (exact) mass is 1410 g/mol. The number of rotatable bonds is 22. The SMILES string of the molecule is C[C@@H]1C/C=C/C=C\C=C\C=C\[C@H](OC2O[C@H](C)[C@@H](O)[C@H](N)[C@@H]2O)C[C@@H]2O[C@](O)(C[C@@H](O)C[C@H]3O[C@@H]3/C=C/C(=O)O1)C[C@H](O)[C@H]2C(=O)SCCNC(=O)CCNC(=O)C(O)C(C)(C)COP(=O)(O)OP(=O)(O)OCC1OC(n2cnc3c(N)ncnc32)C(O)C1OP(=O)(O)O. The van der Waals surface area contributed by atoms with Gasteiger partial charge in [-0.25, -0.2) is 33.4 Å². The zero-order chi connectivity index (χ0) is 69.1. The van der Waals surface area contributed by atoms with Crippen molar-refractivity contribution in [1.29, 1.82) is 0 Å². The number of esters is 1. The van der Waals surface area contributed by atoms with Crippen LogP contribution in [0, 0.1) is 11.3 Å². The molecule has 4 fully saturated rings. The van der Waals surface area contributed by atoms with E-state index in [9.17, 15) is 88.2 Å². The van der Waals surface area contributed by atoms with E-state index in [0.717, 1.165) is 17.2 Å². The third-order valence-electron chi connectivity index (χ3n) is 15.3. The number of aromatic nitrogens is 4. The van der Waals surface area contributed by atoms with Crippen LogP contribution in [-0.2, 0) is 79.2 Å². The molecule has 5 aliphatic heterocycles. The fourth-order valence-corrected chi connectivity index (χ4v) is 14.1. The van der Waals surface area contributed by atoms with Gasteiger partial charge in [-0.1, -0.05) is 74.2 Å². The van der Waals surface area contributed by atoms with E-state index >= 15 is 0 Å². The Kier molecular flexibility index (Phi) is 27.1. The Morgan fingerprint density at radius 2 is 1.57 bits per heavy atom. The molecule has 40 heteroatoms. The normalized spacial score (nSPS) is 35.6. The number of carbonyl (C=O) groups excluding carboxylic acids is 4. The van der Waals surface area contributed by atoms with Crippen LogP contribution in [0.5, 0.6) is 0 Å². The number of imidazole rings is 1. The maximum atomic E-state index is 14.2. The van der Waals surface area contributed by atoms with Crippen LogP contribution in [0.25, 0.3) is 11.2 Å². The lowest BCUT2D eigenvalue weighted by Gasteiger charge is -2.45.